The van der Waals surface area contributed by atoms with Crippen molar-refractivity contribution in [3.63, 3.8) is 0 Å². The number of halogens is 2. The predicted octanol–water partition coefficient (Wildman–Crippen LogP) is 4.06. The van der Waals surface area contributed by atoms with Crippen LogP contribution in [-0.4, -0.2) is 10.9 Å². The van der Waals surface area contributed by atoms with Crippen molar-refractivity contribution in [2.24, 2.45) is 0 Å². The van der Waals surface area contributed by atoms with E-state index in [1.165, 1.54) is 0 Å². The van der Waals surface area contributed by atoms with E-state index in [0.29, 0.717) is 20.7 Å². The Balaban J connectivity index is 2.27. The van der Waals surface area contributed by atoms with Gasteiger partial charge >= 0.3 is 0 Å². The van der Waals surface area contributed by atoms with Crippen LogP contribution in [0.15, 0.2) is 41.1 Å². The number of anilines is 1. The highest BCUT2D eigenvalue weighted by Crippen LogP contribution is 2.26. The lowest BCUT2D eigenvalue weighted by Crippen LogP contribution is -2.13. The minimum Gasteiger partial charge on any atom is -0.321 e. The molecule has 1 N–H and O–H groups in total. The maximum atomic E-state index is 12.1. The number of aromatic nitrogens is 1. The Labute approximate surface area is 118 Å². The van der Waals surface area contributed by atoms with E-state index >= 15 is 0 Å². The number of carbonyl (C=O) groups is 1. The van der Waals surface area contributed by atoms with Crippen molar-refractivity contribution in [3.05, 3.63) is 57.3 Å². The van der Waals surface area contributed by atoms with Crippen LogP contribution in [0.4, 0.5) is 5.69 Å². The summed E-state index contributed by atoms with van der Waals surface area (Å²) >= 11 is 9.41. The maximum Gasteiger partial charge on any atom is 0.256 e. The summed E-state index contributed by atoms with van der Waals surface area (Å²) in [7, 11) is 0. The van der Waals surface area contributed by atoms with Crippen molar-refractivity contribution in [2.45, 2.75) is 6.92 Å². The molecule has 0 spiro atoms. The molecule has 2 aromatic rings. The summed E-state index contributed by atoms with van der Waals surface area (Å²) in [5.41, 5.74) is 2.04. The molecule has 0 atom stereocenters. The first-order chi connectivity index (χ1) is 8.59. The normalized spacial score (nSPS) is 10.2. The van der Waals surface area contributed by atoms with Crippen molar-refractivity contribution in [2.75, 3.05) is 5.32 Å². The molecule has 3 nitrogen and oxygen atoms in total. The van der Waals surface area contributed by atoms with Gasteiger partial charge in [-0.05, 0) is 40.5 Å². The van der Waals surface area contributed by atoms with Gasteiger partial charge in [0.05, 0.1) is 16.3 Å². The van der Waals surface area contributed by atoms with Crippen LogP contribution in [-0.2, 0) is 0 Å². The summed E-state index contributed by atoms with van der Waals surface area (Å²) in [5.74, 6) is -0.225. The number of nitrogens with zero attached hydrogens (tertiary/aromatic N) is 1. The first kappa shape index (κ1) is 13.1. The number of rotatable bonds is 2. The summed E-state index contributed by atoms with van der Waals surface area (Å²) in [4.78, 5) is 16.0. The zero-order valence-corrected chi connectivity index (χ0v) is 11.9. The molecule has 1 aromatic heterocycles. The minimum absolute atomic E-state index is 0.225. The van der Waals surface area contributed by atoms with Crippen molar-refractivity contribution in [1.29, 1.82) is 0 Å². The molecule has 0 aliphatic carbocycles. The topological polar surface area (TPSA) is 42.0 Å². The van der Waals surface area contributed by atoms with Gasteiger partial charge in [0.1, 0.15) is 0 Å². The molecule has 0 unspecified atom stereocenters. The number of aryl methyl sites for hydroxylation is 1. The Bertz CT molecular complexity index is 601. The molecule has 92 valence electrons. The average molecular weight is 326 g/mol. The summed E-state index contributed by atoms with van der Waals surface area (Å²) in [6.45, 7) is 1.89. The van der Waals surface area contributed by atoms with Gasteiger partial charge in [0.2, 0.25) is 0 Å². The molecule has 0 fully saturated rings. The highest BCUT2D eigenvalue weighted by atomic mass is 79.9. The third kappa shape index (κ3) is 2.71. The molecular weight excluding hydrogens is 316 g/mol. The number of hydrogen-bond donors (Lipinski definition) is 1. The van der Waals surface area contributed by atoms with Gasteiger partial charge in [-0.1, -0.05) is 23.7 Å². The number of hydrogen-bond acceptors (Lipinski definition) is 2. The Kier molecular flexibility index (Phi) is 3.99. The quantitative estimate of drug-likeness (QED) is 0.905. The van der Waals surface area contributed by atoms with E-state index in [2.05, 4.69) is 26.2 Å². The van der Waals surface area contributed by atoms with E-state index in [-0.39, 0.29) is 5.91 Å². The van der Waals surface area contributed by atoms with Gasteiger partial charge < -0.3 is 5.32 Å². The van der Waals surface area contributed by atoms with Crippen molar-refractivity contribution < 1.29 is 4.79 Å². The lowest BCUT2D eigenvalue weighted by atomic mass is 10.2. The molecule has 0 bridgehead atoms. The largest absolute Gasteiger partial charge is 0.321 e. The number of amides is 1. The van der Waals surface area contributed by atoms with Crippen LogP contribution in [0.3, 0.4) is 0 Å². The average Bonchev–Trinajstić information content (AvgIpc) is 2.35. The Hall–Kier alpha value is -1.39. The van der Waals surface area contributed by atoms with Crippen LogP contribution in [0, 0.1) is 6.92 Å². The van der Waals surface area contributed by atoms with E-state index < -0.39 is 0 Å². The van der Waals surface area contributed by atoms with Crippen LogP contribution < -0.4 is 5.32 Å². The number of nitrogens with one attached hydrogen (secondary N) is 1. The monoisotopic (exact) mass is 324 g/mol. The second-order valence-electron chi connectivity index (χ2n) is 3.75. The summed E-state index contributed by atoms with van der Waals surface area (Å²) in [6, 6.07) is 7.14. The highest BCUT2D eigenvalue weighted by Gasteiger charge is 2.12. The van der Waals surface area contributed by atoms with Crippen LogP contribution in [0.5, 0.6) is 0 Å². The first-order valence-electron chi connectivity index (χ1n) is 5.25. The molecule has 0 radical (unpaired) electrons. The van der Waals surface area contributed by atoms with Gasteiger partial charge in [0.25, 0.3) is 5.91 Å². The standard InChI is InChI=1S/C13H10BrClN2O/c1-8-3-2-4-11(12(8)15)17-13(18)9-5-6-16-7-10(9)14/h2-7H,1H3,(H,17,18). The second-order valence-corrected chi connectivity index (χ2v) is 4.98. The summed E-state index contributed by atoms with van der Waals surface area (Å²) < 4.78 is 0.645. The molecule has 5 heteroatoms. The van der Waals surface area contributed by atoms with Crippen LogP contribution in [0.2, 0.25) is 5.02 Å². The Morgan fingerprint density at radius 3 is 2.89 bits per heavy atom. The van der Waals surface area contributed by atoms with Gasteiger partial charge in [-0.15, -0.1) is 0 Å². The highest BCUT2D eigenvalue weighted by molar-refractivity contribution is 9.10. The molecular formula is C13H10BrClN2O. The van der Waals surface area contributed by atoms with Gasteiger partial charge in [0.15, 0.2) is 0 Å². The first-order valence-corrected chi connectivity index (χ1v) is 6.42. The minimum atomic E-state index is -0.225. The Morgan fingerprint density at radius 1 is 1.39 bits per heavy atom. The smallest absolute Gasteiger partial charge is 0.256 e. The fourth-order valence-corrected chi connectivity index (χ4v) is 2.10. The van der Waals surface area contributed by atoms with E-state index in [1.807, 2.05) is 19.1 Å². The zero-order valence-electron chi connectivity index (χ0n) is 9.58. The predicted molar refractivity (Wildman–Crippen MR) is 76.1 cm³/mol. The van der Waals surface area contributed by atoms with Gasteiger partial charge in [0, 0.05) is 16.9 Å². The number of pyridine rings is 1. The number of carbonyl (C=O) groups excluding carboxylic acids is 1. The summed E-state index contributed by atoms with van der Waals surface area (Å²) in [5, 5.41) is 3.33. The fourth-order valence-electron chi connectivity index (χ4n) is 1.49. The Morgan fingerprint density at radius 2 is 2.17 bits per heavy atom. The van der Waals surface area contributed by atoms with Gasteiger partial charge in [-0.2, -0.15) is 0 Å². The van der Waals surface area contributed by atoms with Crippen molar-refractivity contribution in [1.82, 2.24) is 4.98 Å². The summed E-state index contributed by atoms with van der Waals surface area (Å²) in [6.07, 6.45) is 3.14. The molecule has 2 rings (SSSR count). The molecule has 0 saturated carbocycles. The third-order valence-corrected chi connectivity index (χ3v) is 3.59. The van der Waals surface area contributed by atoms with Crippen molar-refractivity contribution in [3.8, 4) is 0 Å². The molecule has 1 aromatic carbocycles. The molecule has 0 aliphatic heterocycles. The van der Waals surface area contributed by atoms with Crippen LogP contribution in [0.1, 0.15) is 15.9 Å². The van der Waals surface area contributed by atoms with E-state index in [9.17, 15) is 4.79 Å². The van der Waals surface area contributed by atoms with Gasteiger partial charge in [-0.3, -0.25) is 9.78 Å². The third-order valence-electron chi connectivity index (χ3n) is 2.46. The molecule has 0 saturated heterocycles. The number of benzene rings is 1. The lowest BCUT2D eigenvalue weighted by molar-refractivity contribution is 0.102. The van der Waals surface area contributed by atoms with E-state index in [0.717, 1.165) is 5.56 Å². The van der Waals surface area contributed by atoms with Crippen LogP contribution in [0.25, 0.3) is 0 Å². The van der Waals surface area contributed by atoms with Crippen LogP contribution >= 0.6 is 27.5 Å². The maximum absolute atomic E-state index is 12.1. The lowest BCUT2D eigenvalue weighted by Gasteiger charge is -2.09. The zero-order chi connectivity index (χ0) is 13.1. The van der Waals surface area contributed by atoms with E-state index in [1.54, 1.807) is 24.5 Å². The molecule has 1 heterocycles. The van der Waals surface area contributed by atoms with E-state index in [4.69, 9.17) is 11.6 Å². The fraction of sp³-hybridized carbons (Fsp3) is 0.0769. The molecule has 1 amide bonds. The molecule has 0 aliphatic rings. The van der Waals surface area contributed by atoms with Crippen molar-refractivity contribution >= 4 is 39.1 Å². The molecule has 18 heavy (non-hydrogen) atoms. The SMILES string of the molecule is Cc1cccc(NC(=O)c2ccncc2Br)c1Cl. The second kappa shape index (κ2) is 5.50. The van der Waals surface area contributed by atoms with Gasteiger partial charge in [-0.25, -0.2) is 0 Å².